The van der Waals surface area contributed by atoms with Crippen LogP contribution in [0.25, 0.3) is 11.2 Å². The lowest BCUT2D eigenvalue weighted by molar-refractivity contribution is 0.00706. The van der Waals surface area contributed by atoms with Crippen molar-refractivity contribution in [2.24, 2.45) is 0 Å². The minimum absolute atomic E-state index is 0.111. The average molecular weight is 455 g/mol. The summed E-state index contributed by atoms with van der Waals surface area (Å²) in [6, 6.07) is 6.38. The van der Waals surface area contributed by atoms with E-state index >= 15 is 0 Å². The van der Waals surface area contributed by atoms with Crippen molar-refractivity contribution in [3.63, 3.8) is 0 Å². The highest BCUT2D eigenvalue weighted by atomic mass is 35.5. The topological polar surface area (TPSA) is 102 Å². The van der Waals surface area contributed by atoms with Gasteiger partial charge in [-0.1, -0.05) is 29.3 Å². The second-order valence-corrected chi connectivity index (χ2v) is 7.92. The maximum atomic E-state index is 14.0. The molecule has 5 rings (SSSR count). The van der Waals surface area contributed by atoms with Crippen LogP contribution in [0.15, 0.2) is 24.3 Å². The highest BCUT2D eigenvalue weighted by Crippen LogP contribution is 2.31. The zero-order chi connectivity index (χ0) is 20.8. The molecular weight excluding hydrogens is 438 g/mol. The number of H-pyrrole nitrogens is 1. The van der Waals surface area contributed by atoms with Crippen molar-refractivity contribution in [3.8, 4) is 6.01 Å². The largest absolute Gasteiger partial charge is 0.456 e. The monoisotopic (exact) mass is 454 g/mol. The van der Waals surface area contributed by atoms with Crippen molar-refractivity contribution in [3.05, 3.63) is 45.7 Å². The summed E-state index contributed by atoms with van der Waals surface area (Å²) in [6.07, 6.45) is -1.80. The van der Waals surface area contributed by atoms with Crippen LogP contribution in [0.5, 0.6) is 6.01 Å². The zero-order valence-corrected chi connectivity index (χ0v) is 17.0. The van der Waals surface area contributed by atoms with Crippen LogP contribution >= 0.6 is 23.2 Å². The fraction of sp³-hybridized carbons (Fsp3) is 0.368. The molecule has 2 aliphatic heterocycles. The number of fused-ring (bicyclic) bond motifs is 2. The van der Waals surface area contributed by atoms with Gasteiger partial charge in [0.2, 0.25) is 0 Å². The summed E-state index contributed by atoms with van der Waals surface area (Å²) in [6.45, 7) is 0.612. The van der Waals surface area contributed by atoms with Gasteiger partial charge in [-0.15, -0.1) is 0 Å². The van der Waals surface area contributed by atoms with Gasteiger partial charge in [0, 0.05) is 17.1 Å². The van der Waals surface area contributed by atoms with E-state index in [2.05, 4.69) is 20.3 Å². The third-order valence-electron chi connectivity index (χ3n) is 5.14. The highest BCUT2D eigenvalue weighted by molar-refractivity contribution is 6.33. The molecule has 3 N–H and O–H groups in total. The van der Waals surface area contributed by atoms with Crippen LogP contribution in [0.3, 0.4) is 0 Å². The summed E-state index contributed by atoms with van der Waals surface area (Å²) < 4.78 is 30.9. The standard InChI is InChI=1S/C19H17Cl2FN4O4/c20-9-2-1-3-11(22)8(9)5-23-17-10(21)4-12-18(25-17)26-19(24-12)30-14-7-29-15-13(27)6-28-16(14)15/h1-4,13-16,27H,5-7H2,(H2,23,24,25,26)/t13-,14-,15-,16?/m1/s1. The van der Waals surface area contributed by atoms with E-state index in [1.807, 2.05) is 0 Å². The molecule has 2 saturated heterocycles. The van der Waals surface area contributed by atoms with E-state index in [4.69, 9.17) is 37.4 Å². The number of aromatic amines is 1. The number of aliphatic hydroxyl groups excluding tert-OH is 1. The van der Waals surface area contributed by atoms with Crippen LogP contribution in [-0.2, 0) is 16.0 Å². The number of anilines is 1. The first-order valence-corrected chi connectivity index (χ1v) is 10.1. The van der Waals surface area contributed by atoms with Crippen LogP contribution in [0, 0.1) is 5.82 Å². The van der Waals surface area contributed by atoms with Crippen molar-refractivity contribution in [1.29, 1.82) is 0 Å². The summed E-state index contributed by atoms with van der Waals surface area (Å²) >= 11 is 12.4. The van der Waals surface area contributed by atoms with Crippen LogP contribution in [0.2, 0.25) is 10.0 Å². The number of aliphatic hydroxyl groups is 1. The summed E-state index contributed by atoms with van der Waals surface area (Å²) in [7, 11) is 0. The molecule has 2 aliphatic rings. The molecule has 3 aromatic rings. The Hall–Kier alpha value is -2.17. The number of aromatic nitrogens is 3. The second kappa shape index (κ2) is 7.82. The predicted molar refractivity (Wildman–Crippen MR) is 108 cm³/mol. The number of rotatable bonds is 5. The van der Waals surface area contributed by atoms with Crippen LogP contribution < -0.4 is 10.1 Å². The van der Waals surface area contributed by atoms with Crippen molar-refractivity contribution >= 4 is 40.2 Å². The first-order valence-electron chi connectivity index (χ1n) is 9.30. The van der Waals surface area contributed by atoms with Gasteiger partial charge < -0.3 is 29.6 Å². The number of nitrogens with zero attached hydrogens (tertiary/aromatic N) is 2. The molecule has 0 spiro atoms. The molecule has 11 heteroatoms. The summed E-state index contributed by atoms with van der Waals surface area (Å²) in [5, 5.41) is 13.5. The Balaban J connectivity index is 1.33. The van der Waals surface area contributed by atoms with Crippen molar-refractivity contribution < 1.29 is 23.7 Å². The fourth-order valence-corrected chi connectivity index (χ4v) is 4.09. The fourth-order valence-electron chi connectivity index (χ4n) is 3.64. The molecule has 0 aliphatic carbocycles. The molecule has 0 amide bonds. The van der Waals surface area contributed by atoms with Gasteiger partial charge in [0.25, 0.3) is 6.01 Å². The maximum Gasteiger partial charge on any atom is 0.296 e. The Morgan fingerprint density at radius 2 is 2.03 bits per heavy atom. The maximum absolute atomic E-state index is 14.0. The van der Waals surface area contributed by atoms with Gasteiger partial charge in [0.1, 0.15) is 29.9 Å². The normalized spacial score (nSPS) is 25.6. The molecule has 158 valence electrons. The first-order chi connectivity index (χ1) is 14.5. The Bertz CT molecular complexity index is 1080. The molecule has 4 atom stereocenters. The third kappa shape index (κ3) is 3.57. The Kier molecular flexibility index (Phi) is 5.16. The zero-order valence-electron chi connectivity index (χ0n) is 15.4. The van der Waals surface area contributed by atoms with Gasteiger partial charge in [0.15, 0.2) is 11.8 Å². The molecule has 2 fully saturated rings. The molecule has 0 bridgehead atoms. The van der Waals surface area contributed by atoms with Gasteiger partial charge in [-0.3, -0.25) is 0 Å². The minimum atomic E-state index is -0.656. The molecule has 1 aromatic carbocycles. The number of nitrogens with one attached hydrogen (secondary N) is 2. The average Bonchev–Trinajstić information content (AvgIpc) is 3.39. The molecule has 1 unspecified atom stereocenters. The highest BCUT2D eigenvalue weighted by Gasteiger charge is 2.48. The Morgan fingerprint density at radius 1 is 1.20 bits per heavy atom. The van der Waals surface area contributed by atoms with Gasteiger partial charge in [-0.05, 0) is 18.2 Å². The Labute approximate surface area is 180 Å². The number of benzene rings is 1. The molecule has 30 heavy (non-hydrogen) atoms. The molecule has 2 aromatic heterocycles. The van der Waals surface area contributed by atoms with Crippen LogP contribution in [0.1, 0.15) is 5.56 Å². The van der Waals surface area contributed by atoms with Crippen molar-refractivity contribution in [2.75, 3.05) is 18.5 Å². The van der Waals surface area contributed by atoms with E-state index in [0.717, 1.165) is 0 Å². The number of hydrogen-bond acceptors (Lipinski definition) is 7. The van der Waals surface area contributed by atoms with Gasteiger partial charge in [-0.2, -0.15) is 4.98 Å². The Morgan fingerprint density at radius 3 is 2.87 bits per heavy atom. The van der Waals surface area contributed by atoms with Crippen molar-refractivity contribution in [2.45, 2.75) is 31.0 Å². The predicted octanol–water partition coefficient (Wildman–Crippen LogP) is 2.92. The first kappa shape index (κ1) is 19.8. The van der Waals surface area contributed by atoms with E-state index in [0.29, 0.717) is 32.6 Å². The number of pyridine rings is 1. The second-order valence-electron chi connectivity index (χ2n) is 7.11. The summed E-state index contributed by atoms with van der Waals surface area (Å²) in [5.41, 5.74) is 1.27. The molecule has 8 nitrogen and oxygen atoms in total. The molecular formula is C19H17Cl2FN4O4. The summed E-state index contributed by atoms with van der Waals surface area (Å²) in [4.78, 5) is 11.7. The molecule has 0 saturated carbocycles. The van der Waals surface area contributed by atoms with Gasteiger partial charge >= 0.3 is 0 Å². The molecule has 0 radical (unpaired) electrons. The number of imidazole rings is 1. The van der Waals surface area contributed by atoms with Crippen LogP contribution in [-0.4, -0.2) is 57.7 Å². The van der Waals surface area contributed by atoms with Gasteiger partial charge in [0.05, 0.1) is 23.8 Å². The van der Waals surface area contributed by atoms with E-state index in [1.165, 1.54) is 6.07 Å². The SMILES string of the molecule is O[C@@H]1COC2[C@H](Oc3nc4nc(NCc5c(F)cccc5Cl)c(Cl)cc4[nH]3)CO[C@@H]21. The van der Waals surface area contributed by atoms with E-state index in [-0.39, 0.29) is 31.9 Å². The third-order valence-corrected chi connectivity index (χ3v) is 5.79. The van der Waals surface area contributed by atoms with E-state index in [1.54, 1.807) is 18.2 Å². The quantitative estimate of drug-likeness (QED) is 0.544. The van der Waals surface area contributed by atoms with E-state index in [9.17, 15) is 9.50 Å². The lowest BCUT2D eigenvalue weighted by Crippen LogP contribution is -2.34. The lowest BCUT2D eigenvalue weighted by atomic mass is 10.1. The summed E-state index contributed by atoms with van der Waals surface area (Å²) in [5.74, 6) is -0.0768. The van der Waals surface area contributed by atoms with Crippen LogP contribution in [0.4, 0.5) is 10.2 Å². The minimum Gasteiger partial charge on any atom is -0.456 e. The number of halogens is 3. The number of hydrogen-bond donors (Lipinski definition) is 3. The van der Waals surface area contributed by atoms with Gasteiger partial charge in [-0.25, -0.2) is 9.37 Å². The van der Waals surface area contributed by atoms with E-state index < -0.39 is 24.1 Å². The molecule has 4 heterocycles. The number of ether oxygens (including phenoxy) is 3. The lowest BCUT2D eigenvalue weighted by Gasteiger charge is -2.15. The smallest absolute Gasteiger partial charge is 0.296 e. The van der Waals surface area contributed by atoms with Crippen molar-refractivity contribution in [1.82, 2.24) is 15.0 Å².